The van der Waals surface area contributed by atoms with E-state index in [-0.39, 0.29) is 18.0 Å². The van der Waals surface area contributed by atoms with Gasteiger partial charge in [0.15, 0.2) is 0 Å². The third-order valence-corrected chi connectivity index (χ3v) is 3.60. The van der Waals surface area contributed by atoms with Gasteiger partial charge in [0.25, 0.3) is 6.43 Å². The minimum atomic E-state index is -2.20. The number of alkyl halides is 2. The first-order valence-corrected chi connectivity index (χ1v) is 5.84. The highest BCUT2D eigenvalue weighted by molar-refractivity contribution is 4.88. The summed E-state index contributed by atoms with van der Waals surface area (Å²) in [5.41, 5.74) is 0.222. The van der Waals surface area contributed by atoms with Crippen molar-refractivity contribution in [1.29, 1.82) is 0 Å². The molecule has 0 aromatic carbocycles. The molecular weight excluding hydrogens is 196 g/mol. The molecule has 3 heteroatoms. The van der Waals surface area contributed by atoms with Crippen molar-refractivity contribution in [3.63, 3.8) is 0 Å². The van der Waals surface area contributed by atoms with Crippen molar-refractivity contribution in [1.82, 2.24) is 4.90 Å². The summed E-state index contributed by atoms with van der Waals surface area (Å²) in [6.45, 7) is 9.49. The van der Waals surface area contributed by atoms with Crippen LogP contribution in [0.3, 0.4) is 0 Å². The van der Waals surface area contributed by atoms with Crippen LogP contribution in [0, 0.1) is 11.3 Å². The van der Waals surface area contributed by atoms with Gasteiger partial charge in [-0.3, -0.25) is 4.90 Å². The highest BCUT2D eigenvalue weighted by Gasteiger charge is 2.36. The predicted octanol–water partition coefficient (Wildman–Crippen LogP) is 3.40. The summed E-state index contributed by atoms with van der Waals surface area (Å²) in [5, 5.41) is 0. The maximum atomic E-state index is 12.4. The Morgan fingerprint density at radius 2 is 1.93 bits per heavy atom. The fraction of sp³-hybridized carbons (Fsp3) is 1.00. The third kappa shape index (κ3) is 3.40. The molecule has 1 saturated heterocycles. The molecule has 2 unspecified atom stereocenters. The molecule has 0 aliphatic carbocycles. The van der Waals surface area contributed by atoms with Gasteiger partial charge < -0.3 is 0 Å². The number of piperidine rings is 1. The molecule has 1 heterocycles. The average Bonchev–Trinajstić information content (AvgIpc) is 2.05. The Hall–Kier alpha value is -0.180. The zero-order valence-electron chi connectivity index (χ0n) is 10.3. The Morgan fingerprint density at radius 1 is 1.33 bits per heavy atom. The fourth-order valence-electron chi connectivity index (χ4n) is 2.81. The Kier molecular flexibility index (Phi) is 4.10. The second-order valence-corrected chi connectivity index (χ2v) is 5.74. The third-order valence-electron chi connectivity index (χ3n) is 3.60. The Balaban J connectivity index is 2.63. The van der Waals surface area contributed by atoms with E-state index in [4.69, 9.17) is 0 Å². The quantitative estimate of drug-likeness (QED) is 0.688. The maximum Gasteiger partial charge on any atom is 0.251 e. The van der Waals surface area contributed by atoms with Crippen LogP contribution in [0.15, 0.2) is 0 Å². The lowest BCUT2D eigenvalue weighted by atomic mass is 9.72. The SMILES string of the molecule is CC1C(C(C)(C)C)CCCN1CC(F)F. The minimum absolute atomic E-state index is 0.0618. The van der Waals surface area contributed by atoms with Crippen LogP contribution in [0.4, 0.5) is 8.78 Å². The molecule has 15 heavy (non-hydrogen) atoms. The van der Waals surface area contributed by atoms with Crippen molar-refractivity contribution < 1.29 is 8.78 Å². The van der Waals surface area contributed by atoms with Crippen molar-refractivity contribution in [3.8, 4) is 0 Å². The number of hydrogen-bond donors (Lipinski definition) is 0. The van der Waals surface area contributed by atoms with Crippen molar-refractivity contribution >= 4 is 0 Å². The normalized spacial score (nSPS) is 29.8. The number of likely N-dealkylation sites (tertiary alicyclic amines) is 1. The van der Waals surface area contributed by atoms with E-state index in [1.54, 1.807) is 0 Å². The standard InChI is InChI=1S/C12H23F2N/c1-9-10(12(2,3)4)6-5-7-15(9)8-11(13)14/h9-11H,5-8H2,1-4H3. The van der Waals surface area contributed by atoms with Gasteiger partial charge in [-0.2, -0.15) is 0 Å². The predicted molar refractivity (Wildman–Crippen MR) is 59.2 cm³/mol. The summed E-state index contributed by atoms with van der Waals surface area (Å²) in [4.78, 5) is 1.95. The largest absolute Gasteiger partial charge is 0.295 e. The topological polar surface area (TPSA) is 3.24 Å². The molecular formula is C12H23F2N. The monoisotopic (exact) mass is 219 g/mol. The number of halogens is 2. The Morgan fingerprint density at radius 3 is 2.40 bits per heavy atom. The van der Waals surface area contributed by atoms with Crippen LogP contribution in [0.2, 0.25) is 0 Å². The second kappa shape index (κ2) is 4.77. The second-order valence-electron chi connectivity index (χ2n) is 5.74. The highest BCUT2D eigenvalue weighted by atomic mass is 19.3. The van der Waals surface area contributed by atoms with Crippen LogP contribution in [-0.4, -0.2) is 30.5 Å². The zero-order valence-corrected chi connectivity index (χ0v) is 10.3. The van der Waals surface area contributed by atoms with Crippen LogP contribution < -0.4 is 0 Å². The van der Waals surface area contributed by atoms with E-state index >= 15 is 0 Å². The molecule has 0 radical (unpaired) electrons. The van der Waals surface area contributed by atoms with Gasteiger partial charge in [-0.05, 0) is 37.6 Å². The van der Waals surface area contributed by atoms with E-state index in [2.05, 4.69) is 27.7 Å². The molecule has 0 amide bonds. The van der Waals surface area contributed by atoms with Crippen LogP contribution in [-0.2, 0) is 0 Å². The Labute approximate surface area is 91.8 Å². The van der Waals surface area contributed by atoms with Crippen LogP contribution in [0.25, 0.3) is 0 Å². The summed E-state index contributed by atoms with van der Waals surface area (Å²) in [6, 6.07) is 0.285. The van der Waals surface area contributed by atoms with Crippen LogP contribution >= 0.6 is 0 Å². The van der Waals surface area contributed by atoms with Crippen molar-refractivity contribution in [3.05, 3.63) is 0 Å². The van der Waals surface area contributed by atoms with Crippen molar-refractivity contribution in [2.45, 2.75) is 53.0 Å². The van der Waals surface area contributed by atoms with Gasteiger partial charge in [-0.25, -0.2) is 8.78 Å². The summed E-state index contributed by atoms with van der Waals surface area (Å²) >= 11 is 0. The lowest BCUT2D eigenvalue weighted by molar-refractivity contribution is 0.00121. The molecule has 1 fully saturated rings. The summed E-state index contributed by atoms with van der Waals surface area (Å²) in [6.07, 6.45) is 0.0230. The van der Waals surface area contributed by atoms with Gasteiger partial charge in [0.05, 0.1) is 6.54 Å². The average molecular weight is 219 g/mol. The molecule has 1 aliphatic rings. The molecule has 0 aromatic heterocycles. The van der Waals surface area contributed by atoms with Crippen molar-refractivity contribution in [2.75, 3.05) is 13.1 Å². The molecule has 0 bridgehead atoms. The lowest BCUT2D eigenvalue weighted by Crippen LogP contribution is -2.49. The molecule has 0 saturated carbocycles. The molecule has 2 atom stereocenters. The summed E-state index contributed by atoms with van der Waals surface area (Å²) in [7, 11) is 0. The molecule has 90 valence electrons. The van der Waals surface area contributed by atoms with E-state index in [1.165, 1.54) is 6.42 Å². The van der Waals surface area contributed by atoms with Gasteiger partial charge in [0.2, 0.25) is 0 Å². The number of nitrogens with zero attached hydrogens (tertiary/aromatic N) is 1. The zero-order chi connectivity index (χ0) is 11.6. The van der Waals surface area contributed by atoms with Gasteiger partial charge in [0, 0.05) is 6.04 Å². The van der Waals surface area contributed by atoms with Gasteiger partial charge in [-0.15, -0.1) is 0 Å². The van der Waals surface area contributed by atoms with Gasteiger partial charge in [0.1, 0.15) is 0 Å². The van der Waals surface area contributed by atoms with E-state index < -0.39 is 6.43 Å². The van der Waals surface area contributed by atoms with E-state index in [9.17, 15) is 8.78 Å². The number of rotatable bonds is 2. The van der Waals surface area contributed by atoms with Crippen molar-refractivity contribution in [2.24, 2.45) is 11.3 Å². The fourth-order valence-corrected chi connectivity index (χ4v) is 2.81. The lowest BCUT2D eigenvalue weighted by Gasteiger charge is -2.45. The minimum Gasteiger partial charge on any atom is -0.295 e. The summed E-state index contributed by atoms with van der Waals surface area (Å²) in [5.74, 6) is 0.532. The van der Waals surface area contributed by atoms with Gasteiger partial charge in [-0.1, -0.05) is 20.8 Å². The smallest absolute Gasteiger partial charge is 0.251 e. The first-order valence-electron chi connectivity index (χ1n) is 5.84. The highest BCUT2D eigenvalue weighted by Crippen LogP contribution is 2.37. The molecule has 0 aromatic rings. The molecule has 1 nitrogen and oxygen atoms in total. The van der Waals surface area contributed by atoms with Crippen LogP contribution in [0.5, 0.6) is 0 Å². The summed E-state index contributed by atoms with van der Waals surface area (Å²) < 4.78 is 24.7. The maximum absolute atomic E-state index is 12.4. The van der Waals surface area contributed by atoms with E-state index in [0.717, 1.165) is 13.0 Å². The number of hydrogen-bond acceptors (Lipinski definition) is 1. The molecule has 0 N–H and O–H groups in total. The molecule has 1 aliphatic heterocycles. The molecule has 1 rings (SSSR count). The first-order chi connectivity index (χ1) is 6.82. The van der Waals surface area contributed by atoms with E-state index in [1.807, 2.05) is 4.90 Å². The first kappa shape index (κ1) is 12.9. The molecule has 0 spiro atoms. The van der Waals surface area contributed by atoms with Crippen LogP contribution in [0.1, 0.15) is 40.5 Å². The van der Waals surface area contributed by atoms with Gasteiger partial charge >= 0.3 is 0 Å². The Bertz CT molecular complexity index is 198. The van der Waals surface area contributed by atoms with E-state index in [0.29, 0.717) is 5.92 Å².